The van der Waals surface area contributed by atoms with Crippen molar-refractivity contribution in [2.45, 2.75) is 31.1 Å². The maximum absolute atomic E-state index is 11.4. The molecule has 0 spiro atoms. The largest absolute Gasteiger partial charge is 0.316 e. The molecule has 1 aromatic carbocycles. The average molecular weight is 305 g/mol. The van der Waals surface area contributed by atoms with Gasteiger partial charge in [-0.15, -0.1) is 11.6 Å². The Morgan fingerprint density at radius 3 is 2.29 bits per heavy atom. The van der Waals surface area contributed by atoms with Crippen molar-refractivity contribution in [3.63, 3.8) is 0 Å². The van der Waals surface area contributed by atoms with Gasteiger partial charge in [-0.1, -0.05) is 18.9 Å². The van der Waals surface area contributed by atoms with Crippen LogP contribution in [0.3, 0.4) is 0 Å². The molecule has 5 heteroatoms. The smallest absolute Gasteiger partial charge is 0.314 e. The maximum Gasteiger partial charge on any atom is 0.314 e. The Hall–Kier alpha value is -1.55. The third kappa shape index (κ3) is 2.13. The van der Waals surface area contributed by atoms with E-state index in [4.69, 9.17) is 11.6 Å². The van der Waals surface area contributed by atoms with E-state index in [0.717, 1.165) is 17.4 Å². The first-order chi connectivity index (χ1) is 10.1. The highest BCUT2D eigenvalue weighted by Gasteiger charge is 2.53. The lowest BCUT2D eigenvalue weighted by atomic mass is 10.0. The third-order valence-electron chi connectivity index (χ3n) is 5.13. The van der Waals surface area contributed by atoms with E-state index in [1.807, 2.05) is 18.2 Å². The number of halogens is 1. The molecule has 2 N–H and O–H groups in total. The van der Waals surface area contributed by atoms with Gasteiger partial charge in [0.05, 0.1) is 16.4 Å². The van der Waals surface area contributed by atoms with Crippen molar-refractivity contribution in [1.29, 1.82) is 0 Å². The monoisotopic (exact) mass is 304 g/mol. The van der Waals surface area contributed by atoms with E-state index >= 15 is 0 Å². The molecule has 0 saturated heterocycles. The van der Waals surface area contributed by atoms with Crippen LogP contribution in [0.2, 0.25) is 0 Å². The second-order valence-corrected chi connectivity index (χ2v) is 6.77. The highest BCUT2D eigenvalue weighted by Crippen LogP contribution is 2.62. The van der Waals surface area contributed by atoms with Crippen molar-refractivity contribution in [1.82, 2.24) is 9.97 Å². The van der Waals surface area contributed by atoms with Crippen molar-refractivity contribution in [3.8, 4) is 0 Å². The molecule has 21 heavy (non-hydrogen) atoms. The Morgan fingerprint density at radius 1 is 1.00 bits per heavy atom. The summed E-state index contributed by atoms with van der Waals surface area (Å²) >= 11 is 6.69. The summed E-state index contributed by atoms with van der Waals surface area (Å²) < 4.78 is 0. The number of hydrogen-bond donors (Lipinski definition) is 2. The van der Waals surface area contributed by atoms with Crippen molar-refractivity contribution >= 4 is 22.6 Å². The minimum atomic E-state index is -0.620. The first kappa shape index (κ1) is 13.1. The van der Waals surface area contributed by atoms with E-state index in [1.54, 1.807) is 0 Å². The highest BCUT2D eigenvalue weighted by atomic mass is 35.5. The third-order valence-corrected chi connectivity index (χ3v) is 5.67. The summed E-state index contributed by atoms with van der Waals surface area (Å²) in [4.78, 5) is 27.9. The fraction of sp³-hybridized carbons (Fsp3) is 0.500. The van der Waals surface area contributed by atoms with Gasteiger partial charge in [-0.3, -0.25) is 9.59 Å². The van der Waals surface area contributed by atoms with Gasteiger partial charge in [0.2, 0.25) is 0 Å². The van der Waals surface area contributed by atoms with Gasteiger partial charge < -0.3 is 9.97 Å². The molecule has 2 aromatic rings. The second kappa shape index (κ2) is 4.73. The van der Waals surface area contributed by atoms with Gasteiger partial charge in [0.25, 0.3) is 0 Å². The molecular formula is C16H17ClN2O2. The summed E-state index contributed by atoms with van der Waals surface area (Å²) in [7, 11) is 0. The van der Waals surface area contributed by atoms with Crippen LogP contribution >= 0.6 is 11.6 Å². The van der Waals surface area contributed by atoms with Crippen LogP contribution in [0.4, 0.5) is 0 Å². The summed E-state index contributed by atoms with van der Waals surface area (Å²) in [5, 5.41) is -0.00192. The lowest BCUT2D eigenvalue weighted by molar-refractivity contribution is 0.480. The molecule has 0 aliphatic heterocycles. The lowest BCUT2D eigenvalue weighted by Gasteiger charge is -2.10. The first-order valence-corrected chi connectivity index (χ1v) is 7.99. The minimum absolute atomic E-state index is 0.00192. The zero-order valence-electron chi connectivity index (χ0n) is 11.6. The number of hydrogen-bond acceptors (Lipinski definition) is 2. The number of aromatic amines is 2. The fourth-order valence-corrected chi connectivity index (χ4v) is 4.52. The SMILES string of the molecule is O=c1[nH]c2ccc(C(Cl)C3C4CCCCC43)cc2[nH]c1=O. The molecule has 4 rings (SSSR count). The summed E-state index contributed by atoms with van der Waals surface area (Å²) in [6.45, 7) is 0. The summed E-state index contributed by atoms with van der Waals surface area (Å²) in [5.41, 5.74) is 1.08. The zero-order chi connectivity index (χ0) is 14.6. The quantitative estimate of drug-likeness (QED) is 0.662. The van der Waals surface area contributed by atoms with Crippen molar-refractivity contribution in [2.75, 3.05) is 0 Å². The van der Waals surface area contributed by atoms with Gasteiger partial charge in [-0.2, -0.15) is 0 Å². The Kier molecular flexibility index (Phi) is 2.96. The van der Waals surface area contributed by atoms with Crippen molar-refractivity contribution < 1.29 is 0 Å². The number of rotatable bonds is 2. The molecular weight excluding hydrogens is 288 g/mol. The van der Waals surface area contributed by atoms with Gasteiger partial charge in [0.1, 0.15) is 0 Å². The predicted octanol–water partition coefficient (Wildman–Crippen LogP) is 2.93. The number of benzene rings is 1. The fourth-order valence-electron chi connectivity index (χ4n) is 4.01. The summed E-state index contributed by atoms with van der Waals surface area (Å²) in [6.07, 6.45) is 5.26. The lowest BCUT2D eigenvalue weighted by Crippen LogP contribution is -2.28. The van der Waals surface area contributed by atoms with E-state index in [0.29, 0.717) is 17.0 Å². The molecule has 1 aromatic heterocycles. The molecule has 3 atom stereocenters. The topological polar surface area (TPSA) is 65.7 Å². The van der Waals surface area contributed by atoms with Gasteiger partial charge in [-0.05, 0) is 48.3 Å². The Labute approximate surface area is 126 Å². The van der Waals surface area contributed by atoms with Gasteiger partial charge in [0, 0.05) is 0 Å². The molecule has 0 radical (unpaired) electrons. The molecule has 1 heterocycles. The Morgan fingerprint density at radius 2 is 1.62 bits per heavy atom. The van der Waals surface area contributed by atoms with Crippen molar-refractivity contribution in [2.24, 2.45) is 17.8 Å². The van der Waals surface area contributed by atoms with Gasteiger partial charge in [-0.25, -0.2) is 0 Å². The zero-order valence-corrected chi connectivity index (χ0v) is 12.3. The Balaban J connectivity index is 1.69. The maximum atomic E-state index is 11.4. The highest BCUT2D eigenvalue weighted by molar-refractivity contribution is 6.21. The van der Waals surface area contributed by atoms with E-state index < -0.39 is 11.1 Å². The number of fused-ring (bicyclic) bond motifs is 2. The van der Waals surface area contributed by atoms with Crippen LogP contribution in [-0.4, -0.2) is 9.97 Å². The molecule has 0 amide bonds. The van der Waals surface area contributed by atoms with E-state index in [9.17, 15) is 9.59 Å². The minimum Gasteiger partial charge on any atom is -0.316 e. The predicted molar refractivity (Wildman–Crippen MR) is 82.7 cm³/mol. The number of alkyl halides is 1. The molecule has 2 aliphatic carbocycles. The van der Waals surface area contributed by atoms with Crippen LogP contribution in [0, 0.1) is 17.8 Å². The molecule has 2 aliphatic rings. The number of nitrogens with one attached hydrogen (secondary N) is 2. The van der Waals surface area contributed by atoms with Crippen LogP contribution in [0.25, 0.3) is 11.0 Å². The molecule has 2 fully saturated rings. The van der Waals surface area contributed by atoms with Crippen LogP contribution in [-0.2, 0) is 0 Å². The van der Waals surface area contributed by atoms with Crippen LogP contribution < -0.4 is 11.1 Å². The van der Waals surface area contributed by atoms with E-state index in [-0.39, 0.29) is 5.38 Å². The molecule has 2 saturated carbocycles. The van der Waals surface area contributed by atoms with E-state index in [1.165, 1.54) is 25.7 Å². The molecule has 3 unspecified atom stereocenters. The molecule has 4 nitrogen and oxygen atoms in total. The normalized spacial score (nSPS) is 29.1. The summed E-state index contributed by atoms with van der Waals surface area (Å²) in [5.74, 6) is 2.14. The standard InChI is InChI=1S/C16H17ClN2O2/c17-14(13-9-3-1-2-4-10(9)13)8-5-6-11-12(7-8)19-16(21)15(20)18-11/h5-7,9-10,13-14H,1-4H2,(H,18,20)(H,19,21). The molecule has 0 bridgehead atoms. The van der Waals surface area contributed by atoms with Crippen LogP contribution in [0.5, 0.6) is 0 Å². The second-order valence-electron chi connectivity index (χ2n) is 6.30. The average Bonchev–Trinajstić information content (AvgIpc) is 3.21. The van der Waals surface area contributed by atoms with Crippen LogP contribution in [0.15, 0.2) is 27.8 Å². The van der Waals surface area contributed by atoms with Crippen molar-refractivity contribution in [3.05, 3.63) is 44.5 Å². The van der Waals surface area contributed by atoms with Gasteiger partial charge in [0.15, 0.2) is 0 Å². The van der Waals surface area contributed by atoms with Gasteiger partial charge >= 0.3 is 11.1 Å². The number of H-pyrrole nitrogens is 2. The number of aromatic nitrogens is 2. The van der Waals surface area contributed by atoms with E-state index in [2.05, 4.69) is 9.97 Å². The summed E-state index contributed by atoms with van der Waals surface area (Å²) in [6, 6.07) is 5.68. The molecule has 110 valence electrons. The Bertz CT molecular complexity index is 798. The van der Waals surface area contributed by atoms with Crippen LogP contribution in [0.1, 0.15) is 36.6 Å². The first-order valence-electron chi connectivity index (χ1n) is 7.55.